The van der Waals surface area contributed by atoms with E-state index in [1.54, 1.807) is 12.5 Å². The Morgan fingerprint density at radius 1 is 1.45 bits per heavy atom. The summed E-state index contributed by atoms with van der Waals surface area (Å²) in [6.45, 7) is 0.360. The quantitative estimate of drug-likeness (QED) is 0.217. The second-order valence-corrected chi connectivity index (χ2v) is 5.24. The summed E-state index contributed by atoms with van der Waals surface area (Å²) in [5, 5.41) is 15.0. The summed E-state index contributed by atoms with van der Waals surface area (Å²) >= 11 is 0. The van der Waals surface area contributed by atoms with Crippen LogP contribution in [0, 0.1) is 5.41 Å². The normalized spacial score (nSPS) is 19.3. The maximum Gasteiger partial charge on any atom is 0.234 e. The molecule has 1 aromatic heterocycles. The first kappa shape index (κ1) is 14.4. The standard InChI is InChI=1S/C13H21N5O2/c14-11(18-20)13(5-3-1-2-4-6-13)12(19)16-8-10-7-15-9-17-10/h7,9,20H,1-6,8H2,(H2,14,18)(H,15,17)(H,16,19). The topological polar surface area (TPSA) is 116 Å². The molecular weight excluding hydrogens is 258 g/mol. The summed E-state index contributed by atoms with van der Waals surface area (Å²) in [5.41, 5.74) is 5.76. The first-order valence-electron chi connectivity index (χ1n) is 6.92. The van der Waals surface area contributed by atoms with Crippen molar-refractivity contribution in [3.63, 3.8) is 0 Å². The number of nitrogens with zero attached hydrogens (tertiary/aromatic N) is 2. The van der Waals surface area contributed by atoms with Gasteiger partial charge >= 0.3 is 0 Å². The molecule has 7 nitrogen and oxygen atoms in total. The minimum absolute atomic E-state index is 0.0153. The minimum atomic E-state index is -0.884. The zero-order valence-electron chi connectivity index (χ0n) is 11.4. The van der Waals surface area contributed by atoms with E-state index in [0.717, 1.165) is 31.4 Å². The van der Waals surface area contributed by atoms with Crippen molar-refractivity contribution < 1.29 is 10.0 Å². The van der Waals surface area contributed by atoms with E-state index in [4.69, 9.17) is 10.9 Å². The van der Waals surface area contributed by atoms with Crippen molar-refractivity contribution in [2.24, 2.45) is 16.3 Å². The molecule has 1 aliphatic rings. The molecular formula is C13H21N5O2. The fourth-order valence-corrected chi connectivity index (χ4v) is 2.75. The summed E-state index contributed by atoms with van der Waals surface area (Å²) in [7, 11) is 0. The molecule has 20 heavy (non-hydrogen) atoms. The maximum atomic E-state index is 12.6. The molecule has 1 aromatic rings. The van der Waals surface area contributed by atoms with Gasteiger partial charge in [-0.15, -0.1) is 0 Å². The van der Waals surface area contributed by atoms with Crippen molar-refractivity contribution in [3.05, 3.63) is 18.2 Å². The zero-order chi connectivity index (χ0) is 14.4. The van der Waals surface area contributed by atoms with Crippen LogP contribution in [-0.2, 0) is 11.3 Å². The average molecular weight is 279 g/mol. The number of carbonyl (C=O) groups excluding carboxylic acids is 1. The molecule has 0 atom stereocenters. The van der Waals surface area contributed by atoms with Crippen molar-refractivity contribution in [1.29, 1.82) is 0 Å². The van der Waals surface area contributed by atoms with E-state index < -0.39 is 5.41 Å². The Morgan fingerprint density at radius 3 is 2.70 bits per heavy atom. The molecule has 2 rings (SSSR count). The molecule has 0 unspecified atom stereocenters. The number of imidazole rings is 1. The van der Waals surface area contributed by atoms with Gasteiger partial charge in [0, 0.05) is 6.20 Å². The third kappa shape index (κ3) is 2.92. The van der Waals surface area contributed by atoms with Crippen LogP contribution in [0.3, 0.4) is 0 Å². The lowest BCUT2D eigenvalue weighted by molar-refractivity contribution is -0.128. The van der Waals surface area contributed by atoms with Gasteiger partial charge in [0.2, 0.25) is 5.91 Å². The molecule has 0 saturated heterocycles. The van der Waals surface area contributed by atoms with Gasteiger partial charge in [-0.2, -0.15) is 0 Å². The number of hydrogen-bond acceptors (Lipinski definition) is 4. The van der Waals surface area contributed by atoms with E-state index in [0.29, 0.717) is 19.4 Å². The van der Waals surface area contributed by atoms with Gasteiger partial charge in [-0.3, -0.25) is 4.79 Å². The van der Waals surface area contributed by atoms with Gasteiger partial charge in [-0.05, 0) is 12.8 Å². The molecule has 0 radical (unpaired) electrons. The number of H-pyrrole nitrogens is 1. The smallest absolute Gasteiger partial charge is 0.234 e. The molecule has 1 saturated carbocycles. The lowest BCUT2D eigenvalue weighted by Gasteiger charge is -2.29. The Morgan fingerprint density at radius 2 is 2.15 bits per heavy atom. The van der Waals surface area contributed by atoms with Crippen LogP contribution in [0.5, 0.6) is 0 Å². The third-order valence-electron chi connectivity index (χ3n) is 3.98. The monoisotopic (exact) mass is 279 g/mol. The Bertz CT molecular complexity index is 461. The number of nitrogens with two attached hydrogens (primary N) is 1. The number of aromatic amines is 1. The van der Waals surface area contributed by atoms with Gasteiger partial charge in [0.1, 0.15) is 5.41 Å². The molecule has 0 spiro atoms. The number of amides is 1. The third-order valence-corrected chi connectivity index (χ3v) is 3.98. The predicted octanol–water partition coefficient (Wildman–Crippen LogP) is 1.11. The lowest BCUT2D eigenvalue weighted by atomic mass is 9.78. The second-order valence-electron chi connectivity index (χ2n) is 5.24. The van der Waals surface area contributed by atoms with E-state index in [1.165, 1.54) is 0 Å². The highest BCUT2D eigenvalue weighted by Gasteiger charge is 2.42. The zero-order valence-corrected chi connectivity index (χ0v) is 11.4. The average Bonchev–Trinajstić information content (AvgIpc) is 2.86. The van der Waals surface area contributed by atoms with Crippen LogP contribution in [-0.4, -0.2) is 26.9 Å². The van der Waals surface area contributed by atoms with Crippen LogP contribution in [0.1, 0.15) is 44.2 Å². The highest BCUT2D eigenvalue weighted by Crippen LogP contribution is 2.35. The molecule has 0 bridgehead atoms. The van der Waals surface area contributed by atoms with Crippen LogP contribution in [0.25, 0.3) is 0 Å². The summed E-state index contributed by atoms with van der Waals surface area (Å²) < 4.78 is 0. The van der Waals surface area contributed by atoms with Crippen LogP contribution >= 0.6 is 0 Å². The summed E-state index contributed by atoms with van der Waals surface area (Å²) in [6.07, 6.45) is 8.44. The highest BCUT2D eigenvalue weighted by atomic mass is 16.4. The van der Waals surface area contributed by atoms with E-state index in [1.807, 2.05) is 0 Å². The van der Waals surface area contributed by atoms with Crippen molar-refractivity contribution in [1.82, 2.24) is 15.3 Å². The number of aromatic nitrogens is 2. The molecule has 1 fully saturated rings. The van der Waals surface area contributed by atoms with Crippen LogP contribution in [0.15, 0.2) is 17.7 Å². The molecule has 7 heteroatoms. The minimum Gasteiger partial charge on any atom is -0.409 e. The Balaban J connectivity index is 2.11. The molecule has 1 heterocycles. The van der Waals surface area contributed by atoms with Crippen LogP contribution in [0.4, 0.5) is 0 Å². The maximum absolute atomic E-state index is 12.6. The van der Waals surface area contributed by atoms with E-state index in [-0.39, 0.29) is 11.7 Å². The summed E-state index contributed by atoms with van der Waals surface area (Å²) in [4.78, 5) is 19.4. The number of hydrogen-bond donors (Lipinski definition) is 4. The van der Waals surface area contributed by atoms with E-state index in [9.17, 15) is 4.79 Å². The Kier molecular flexibility index (Phi) is 4.60. The number of rotatable bonds is 4. The first-order valence-corrected chi connectivity index (χ1v) is 6.92. The van der Waals surface area contributed by atoms with Gasteiger partial charge in [0.05, 0.1) is 18.6 Å². The van der Waals surface area contributed by atoms with Gasteiger partial charge in [0.15, 0.2) is 5.84 Å². The SMILES string of the molecule is NC(=NO)C1(C(=O)NCc2cnc[nH]2)CCCCCC1. The van der Waals surface area contributed by atoms with Gasteiger partial charge in [0.25, 0.3) is 0 Å². The van der Waals surface area contributed by atoms with Gasteiger partial charge in [-0.1, -0.05) is 30.8 Å². The number of carbonyl (C=O) groups is 1. The number of nitrogens with one attached hydrogen (secondary N) is 2. The van der Waals surface area contributed by atoms with Crippen molar-refractivity contribution in [2.75, 3.05) is 0 Å². The van der Waals surface area contributed by atoms with Gasteiger partial charge < -0.3 is 21.2 Å². The molecule has 0 aliphatic heterocycles. The number of oxime groups is 1. The predicted molar refractivity (Wildman–Crippen MR) is 74.0 cm³/mol. The molecule has 0 aromatic carbocycles. The first-order chi connectivity index (χ1) is 9.69. The fourth-order valence-electron chi connectivity index (χ4n) is 2.75. The highest BCUT2D eigenvalue weighted by molar-refractivity contribution is 6.06. The lowest BCUT2D eigenvalue weighted by Crippen LogP contribution is -2.49. The number of amidine groups is 1. The second kappa shape index (κ2) is 6.40. The summed E-state index contributed by atoms with van der Waals surface area (Å²) in [5.74, 6) is -0.161. The largest absolute Gasteiger partial charge is 0.409 e. The van der Waals surface area contributed by atoms with E-state index in [2.05, 4.69) is 20.4 Å². The van der Waals surface area contributed by atoms with Crippen molar-refractivity contribution in [3.8, 4) is 0 Å². The van der Waals surface area contributed by atoms with Crippen LogP contribution < -0.4 is 11.1 Å². The molecule has 110 valence electrons. The van der Waals surface area contributed by atoms with Gasteiger partial charge in [-0.25, -0.2) is 4.98 Å². The molecule has 1 amide bonds. The Labute approximate surface area is 117 Å². The molecule has 1 aliphatic carbocycles. The van der Waals surface area contributed by atoms with E-state index >= 15 is 0 Å². The van der Waals surface area contributed by atoms with Crippen molar-refractivity contribution in [2.45, 2.75) is 45.1 Å². The van der Waals surface area contributed by atoms with Crippen molar-refractivity contribution >= 4 is 11.7 Å². The fraction of sp³-hybridized carbons (Fsp3) is 0.615. The summed E-state index contributed by atoms with van der Waals surface area (Å²) in [6, 6.07) is 0. The van der Waals surface area contributed by atoms with Crippen LogP contribution in [0.2, 0.25) is 0 Å². The Hall–Kier alpha value is -2.05. The molecule has 5 N–H and O–H groups in total.